The monoisotopic (exact) mass is 455 g/mol. The summed E-state index contributed by atoms with van der Waals surface area (Å²) in [4.78, 5) is 21.2. The van der Waals surface area contributed by atoms with Crippen molar-refractivity contribution in [1.82, 2.24) is 4.98 Å². The third-order valence-corrected chi connectivity index (χ3v) is 6.61. The van der Waals surface area contributed by atoms with E-state index in [9.17, 15) is 9.18 Å². The van der Waals surface area contributed by atoms with Gasteiger partial charge in [-0.25, -0.2) is 9.37 Å². The molecule has 4 rings (SSSR count). The zero-order valence-electron chi connectivity index (χ0n) is 18.3. The lowest BCUT2D eigenvalue weighted by Crippen LogP contribution is -2.37. The van der Waals surface area contributed by atoms with Crippen molar-refractivity contribution in [3.8, 4) is 6.07 Å². The number of thioether (sulfide) groups is 1. The standard InChI is InChI=1S/C21H20FN5O2S.C2H6/c1-29-15-6-13-11-30-20(24)27-21(13,8-15)16-7-14(3-4-17(16)22)26-19(28)18-5-2-12(9-23)10-25-18;1-2/h2-5,7,10,13,15H,6,8,11H2,1H3,(H2,24,27)(H,26,28);1-2H3/t13-,15?,21?;/m0./s1. The highest BCUT2D eigenvalue weighted by Gasteiger charge is 2.52. The zero-order chi connectivity index (χ0) is 23.3. The summed E-state index contributed by atoms with van der Waals surface area (Å²) in [5, 5.41) is 12.0. The van der Waals surface area contributed by atoms with Gasteiger partial charge in [0.05, 0.1) is 17.2 Å². The van der Waals surface area contributed by atoms with E-state index in [-0.39, 0.29) is 17.7 Å². The first-order valence-electron chi connectivity index (χ1n) is 10.4. The number of aromatic nitrogens is 1. The molecule has 0 saturated heterocycles. The molecule has 1 aromatic carbocycles. The van der Waals surface area contributed by atoms with Gasteiger partial charge < -0.3 is 15.8 Å². The molecule has 0 bridgehead atoms. The highest BCUT2D eigenvalue weighted by molar-refractivity contribution is 8.13. The normalized spacial score (nSPS) is 23.8. The van der Waals surface area contributed by atoms with Gasteiger partial charge in [-0.2, -0.15) is 5.26 Å². The molecule has 1 aromatic heterocycles. The van der Waals surface area contributed by atoms with Gasteiger partial charge in [-0.3, -0.25) is 9.79 Å². The van der Waals surface area contributed by atoms with Crippen molar-refractivity contribution >= 4 is 28.5 Å². The molecule has 168 valence electrons. The van der Waals surface area contributed by atoms with Crippen LogP contribution in [0.4, 0.5) is 10.1 Å². The summed E-state index contributed by atoms with van der Waals surface area (Å²) in [5.74, 6) is -0.0231. The predicted molar refractivity (Wildman–Crippen MR) is 124 cm³/mol. The number of benzene rings is 1. The molecule has 2 aromatic rings. The van der Waals surface area contributed by atoms with Gasteiger partial charge in [0.2, 0.25) is 0 Å². The van der Waals surface area contributed by atoms with Crippen LogP contribution in [-0.4, -0.2) is 35.0 Å². The lowest BCUT2D eigenvalue weighted by atomic mass is 9.81. The molecule has 0 spiro atoms. The van der Waals surface area contributed by atoms with Gasteiger partial charge in [-0.15, -0.1) is 0 Å². The maximum atomic E-state index is 15.0. The van der Waals surface area contributed by atoms with Crippen LogP contribution in [0.25, 0.3) is 0 Å². The number of rotatable bonds is 4. The minimum atomic E-state index is -0.812. The second kappa shape index (κ2) is 10.1. The first-order chi connectivity index (χ1) is 15.4. The highest BCUT2D eigenvalue weighted by atomic mass is 32.2. The topological polar surface area (TPSA) is 113 Å². The number of carbonyl (C=O) groups is 1. The molecule has 7 nitrogen and oxygen atoms in total. The number of halogens is 1. The Hall–Kier alpha value is -2.96. The number of aliphatic imine (C=N–C) groups is 1. The number of nitriles is 1. The van der Waals surface area contributed by atoms with E-state index in [1.54, 1.807) is 13.2 Å². The second-order valence-corrected chi connectivity index (χ2v) is 8.41. The number of amidine groups is 1. The summed E-state index contributed by atoms with van der Waals surface area (Å²) in [6, 6.07) is 9.39. The van der Waals surface area contributed by atoms with E-state index >= 15 is 0 Å². The maximum Gasteiger partial charge on any atom is 0.274 e. The molecule has 32 heavy (non-hydrogen) atoms. The van der Waals surface area contributed by atoms with Crippen molar-refractivity contribution in [2.75, 3.05) is 18.2 Å². The van der Waals surface area contributed by atoms with Crippen molar-refractivity contribution in [3.63, 3.8) is 0 Å². The van der Waals surface area contributed by atoms with E-state index in [0.717, 1.165) is 12.2 Å². The average Bonchev–Trinajstić information content (AvgIpc) is 3.20. The van der Waals surface area contributed by atoms with Crippen LogP contribution < -0.4 is 11.1 Å². The quantitative estimate of drug-likeness (QED) is 0.719. The van der Waals surface area contributed by atoms with E-state index in [1.165, 1.54) is 42.2 Å². The molecule has 2 heterocycles. The number of amides is 1. The van der Waals surface area contributed by atoms with Crippen LogP contribution in [0.5, 0.6) is 0 Å². The first-order valence-corrected chi connectivity index (χ1v) is 11.4. The summed E-state index contributed by atoms with van der Waals surface area (Å²) < 4.78 is 20.5. The summed E-state index contributed by atoms with van der Waals surface area (Å²) in [5.41, 5.74) is 6.56. The SMILES string of the molecule is CC.COC1C[C@H]2CSC(N)=NC2(c2cc(NC(=O)c3ccc(C#N)cn3)ccc2F)C1. The smallest absolute Gasteiger partial charge is 0.274 e. The van der Waals surface area contributed by atoms with E-state index < -0.39 is 17.3 Å². The molecule has 9 heteroatoms. The Balaban J connectivity index is 0.00000141. The van der Waals surface area contributed by atoms with Crippen LogP contribution in [0, 0.1) is 23.1 Å². The number of fused-ring (bicyclic) bond motifs is 1. The van der Waals surface area contributed by atoms with Crippen LogP contribution in [-0.2, 0) is 10.3 Å². The van der Waals surface area contributed by atoms with Gasteiger partial charge in [0.15, 0.2) is 5.17 Å². The van der Waals surface area contributed by atoms with Crippen LogP contribution in [0.1, 0.15) is 48.3 Å². The predicted octanol–water partition coefficient (Wildman–Crippen LogP) is 4.05. The number of nitrogens with zero attached hydrogens (tertiary/aromatic N) is 3. The molecule has 1 aliphatic carbocycles. The number of carbonyl (C=O) groups excluding carboxylic acids is 1. The summed E-state index contributed by atoms with van der Waals surface area (Å²) in [6.45, 7) is 4.00. The molecule has 1 saturated carbocycles. The minimum absolute atomic E-state index is 0.0363. The Labute approximate surface area is 191 Å². The molecule has 2 aliphatic rings. The number of nitrogens with one attached hydrogen (secondary N) is 1. The Morgan fingerprint density at radius 1 is 1.38 bits per heavy atom. The number of hydrogen-bond acceptors (Lipinski definition) is 7. The summed E-state index contributed by atoms with van der Waals surface area (Å²) in [7, 11) is 1.65. The van der Waals surface area contributed by atoms with Gasteiger partial charge in [-0.05, 0) is 36.8 Å². The van der Waals surface area contributed by atoms with Gasteiger partial charge >= 0.3 is 0 Å². The van der Waals surface area contributed by atoms with E-state index in [2.05, 4.69) is 15.3 Å². The molecule has 2 unspecified atom stereocenters. The van der Waals surface area contributed by atoms with E-state index in [0.29, 0.717) is 28.4 Å². The van der Waals surface area contributed by atoms with E-state index in [4.69, 9.17) is 15.7 Å². The second-order valence-electron chi connectivity index (χ2n) is 7.37. The maximum absolute atomic E-state index is 15.0. The fourth-order valence-corrected chi connectivity index (χ4v) is 5.17. The van der Waals surface area contributed by atoms with Crippen molar-refractivity contribution in [3.05, 3.63) is 59.2 Å². The number of ether oxygens (including phenoxy) is 1. The Morgan fingerprint density at radius 3 is 2.81 bits per heavy atom. The third kappa shape index (κ3) is 4.61. The lowest BCUT2D eigenvalue weighted by Gasteiger charge is -2.36. The summed E-state index contributed by atoms with van der Waals surface area (Å²) >= 11 is 1.47. The average molecular weight is 456 g/mol. The third-order valence-electron chi connectivity index (χ3n) is 5.65. The van der Waals surface area contributed by atoms with Gasteiger partial charge in [0.25, 0.3) is 5.91 Å². The minimum Gasteiger partial charge on any atom is -0.381 e. The fourth-order valence-electron chi connectivity index (χ4n) is 4.16. The van der Waals surface area contributed by atoms with Crippen LogP contribution >= 0.6 is 11.8 Å². The van der Waals surface area contributed by atoms with Crippen LogP contribution in [0.3, 0.4) is 0 Å². The molecule has 1 fully saturated rings. The fraction of sp³-hybridized carbons (Fsp3) is 0.391. The molecular weight excluding hydrogens is 429 g/mol. The van der Waals surface area contributed by atoms with Crippen molar-refractivity contribution in [1.29, 1.82) is 5.26 Å². The van der Waals surface area contributed by atoms with Gasteiger partial charge in [0.1, 0.15) is 17.6 Å². The first kappa shape index (κ1) is 23.7. The molecular formula is C23H26FN5O2S. The Kier molecular flexibility index (Phi) is 7.48. The number of methoxy groups -OCH3 is 1. The van der Waals surface area contributed by atoms with Crippen molar-refractivity contribution in [2.24, 2.45) is 16.6 Å². The molecule has 3 N–H and O–H groups in total. The lowest BCUT2D eigenvalue weighted by molar-refractivity contribution is 0.101. The Morgan fingerprint density at radius 2 is 2.16 bits per heavy atom. The summed E-state index contributed by atoms with van der Waals surface area (Å²) in [6.07, 6.45) is 2.59. The number of pyridine rings is 1. The number of hydrogen-bond donors (Lipinski definition) is 2. The van der Waals surface area contributed by atoms with Crippen molar-refractivity contribution in [2.45, 2.75) is 38.3 Å². The molecule has 1 aliphatic heterocycles. The van der Waals surface area contributed by atoms with Gasteiger partial charge in [0, 0.05) is 42.6 Å². The molecule has 0 radical (unpaired) electrons. The highest BCUT2D eigenvalue weighted by Crippen LogP contribution is 2.52. The zero-order valence-corrected chi connectivity index (χ0v) is 19.1. The number of nitrogens with two attached hydrogens (primary N) is 1. The van der Waals surface area contributed by atoms with Gasteiger partial charge in [-0.1, -0.05) is 25.6 Å². The van der Waals surface area contributed by atoms with Crippen molar-refractivity contribution < 1.29 is 13.9 Å². The molecule has 3 atom stereocenters. The largest absolute Gasteiger partial charge is 0.381 e. The molecule has 1 amide bonds. The van der Waals surface area contributed by atoms with Crippen LogP contribution in [0.15, 0.2) is 41.5 Å². The Bertz CT molecular complexity index is 1050. The van der Waals surface area contributed by atoms with E-state index in [1.807, 2.05) is 19.9 Å². The number of anilines is 1. The van der Waals surface area contributed by atoms with Crippen LogP contribution in [0.2, 0.25) is 0 Å².